The second kappa shape index (κ2) is 7.31. The molecule has 1 aliphatic heterocycles. The number of nitrogens with one attached hydrogen (secondary N) is 1. The van der Waals surface area contributed by atoms with Crippen molar-refractivity contribution in [2.45, 2.75) is 6.92 Å². The molecule has 1 aromatic rings. The molecule has 0 spiro atoms. The fourth-order valence-corrected chi connectivity index (χ4v) is 2.61. The molecule has 1 saturated heterocycles. The molecule has 24 heavy (non-hydrogen) atoms. The van der Waals surface area contributed by atoms with Crippen LogP contribution in [0.25, 0.3) is 6.08 Å². The highest BCUT2D eigenvalue weighted by Gasteiger charge is 2.32. The lowest BCUT2D eigenvalue weighted by molar-refractivity contribution is -0.128. The van der Waals surface area contributed by atoms with Gasteiger partial charge in [0.25, 0.3) is 11.8 Å². The number of benzene rings is 1. The number of carbonyl (C=O) groups excluding carboxylic acids is 2. The Morgan fingerprint density at radius 1 is 1.08 bits per heavy atom. The number of nitrogens with zero attached hydrogens (tertiary/aromatic N) is 1. The number of amides is 2. The highest BCUT2D eigenvalue weighted by Crippen LogP contribution is 2.36. The molecule has 2 amide bonds. The van der Waals surface area contributed by atoms with Gasteiger partial charge in [0.2, 0.25) is 0 Å². The van der Waals surface area contributed by atoms with Crippen LogP contribution in [0.2, 0.25) is 0 Å². The fraction of sp³-hybridized carbons (Fsp3) is 0.312. The van der Waals surface area contributed by atoms with Gasteiger partial charge >= 0.3 is 0 Å². The second-order valence-electron chi connectivity index (χ2n) is 4.82. The molecule has 7 nitrogen and oxygen atoms in total. The average molecular weight is 350 g/mol. The fourth-order valence-electron chi connectivity index (χ4n) is 2.30. The van der Waals surface area contributed by atoms with E-state index in [1.54, 1.807) is 19.1 Å². The molecule has 0 aromatic heterocycles. The Labute approximate surface area is 145 Å². The summed E-state index contributed by atoms with van der Waals surface area (Å²) in [6.45, 7) is 2.13. The van der Waals surface area contributed by atoms with Crippen molar-refractivity contribution in [2.75, 3.05) is 27.9 Å². The maximum absolute atomic E-state index is 12.5. The first-order chi connectivity index (χ1) is 11.5. The van der Waals surface area contributed by atoms with Crippen molar-refractivity contribution in [3.8, 4) is 17.2 Å². The average Bonchev–Trinajstić information content (AvgIpc) is 2.58. The number of likely N-dealkylation sites (N-methyl/N-ethyl adjacent to an activating group) is 1. The minimum atomic E-state index is -0.550. The van der Waals surface area contributed by atoms with E-state index in [1.807, 2.05) is 0 Å². The van der Waals surface area contributed by atoms with Gasteiger partial charge in [-0.3, -0.25) is 19.8 Å². The maximum Gasteiger partial charge on any atom is 0.265 e. The van der Waals surface area contributed by atoms with Gasteiger partial charge in [-0.2, -0.15) is 0 Å². The third-order valence-electron chi connectivity index (χ3n) is 3.54. The zero-order valence-corrected chi connectivity index (χ0v) is 14.7. The van der Waals surface area contributed by atoms with Gasteiger partial charge in [0.1, 0.15) is 11.3 Å². The molecular formula is C16H18N2O5S. The molecule has 1 fully saturated rings. The van der Waals surface area contributed by atoms with Crippen LogP contribution in [-0.4, -0.2) is 49.7 Å². The summed E-state index contributed by atoms with van der Waals surface area (Å²) < 4.78 is 15.8. The van der Waals surface area contributed by atoms with Crippen LogP contribution in [-0.2, 0) is 9.59 Å². The molecule has 1 N–H and O–H groups in total. The van der Waals surface area contributed by atoms with Crippen molar-refractivity contribution in [3.05, 3.63) is 23.3 Å². The van der Waals surface area contributed by atoms with Crippen molar-refractivity contribution < 1.29 is 23.8 Å². The lowest BCUT2D eigenvalue weighted by Gasteiger charge is -2.27. The normalized spacial score (nSPS) is 16.2. The molecule has 0 aliphatic carbocycles. The number of hydrogen-bond donors (Lipinski definition) is 1. The van der Waals surface area contributed by atoms with Crippen LogP contribution in [0.4, 0.5) is 0 Å². The first-order valence-corrected chi connectivity index (χ1v) is 7.56. The van der Waals surface area contributed by atoms with Crippen LogP contribution in [0.5, 0.6) is 17.2 Å². The quantitative estimate of drug-likeness (QED) is 0.491. The van der Waals surface area contributed by atoms with Crippen LogP contribution in [0.1, 0.15) is 12.5 Å². The first-order valence-electron chi connectivity index (χ1n) is 7.15. The number of carbonyl (C=O) groups is 2. The predicted octanol–water partition coefficient (Wildman–Crippen LogP) is 1.36. The van der Waals surface area contributed by atoms with Crippen LogP contribution in [0, 0.1) is 0 Å². The van der Waals surface area contributed by atoms with E-state index < -0.39 is 11.8 Å². The Balaban J connectivity index is 2.54. The van der Waals surface area contributed by atoms with Gasteiger partial charge in [-0.25, -0.2) is 0 Å². The summed E-state index contributed by atoms with van der Waals surface area (Å²) in [6, 6.07) is 3.26. The minimum Gasteiger partial charge on any atom is -0.496 e. The maximum atomic E-state index is 12.5. The van der Waals surface area contributed by atoms with E-state index in [-0.39, 0.29) is 10.7 Å². The standard InChI is InChI=1S/C16H18N2O5S/c1-5-18-15(20)10(14(19)17-16(18)24)6-9-7-12(22-3)13(23-4)8-11(9)21-2/h6-8H,5H2,1-4H3,(H,17,19,24). The Kier molecular flexibility index (Phi) is 5.40. The molecule has 8 heteroatoms. The highest BCUT2D eigenvalue weighted by molar-refractivity contribution is 7.80. The van der Waals surface area contributed by atoms with E-state index in [0.717, 1.165) is 0 Å². The Morgan fingerprint density at radius 2 is 1.67 bits per heavy atom. The molecule has 0 unspecified atom stereocenters. The van der Waals surface area contributed by atoms with E-state index in [1.165, 1.54) is 32.3 Å². The Bertz CT molecular complexity index is 729. The lowest BCUT2D eigenvalue weighted by atomic mass is 10.1. The van der Waals surface area contributed by atoms with E-state index in [9.17, 15) is 9.59 Å². The summed E-state index contributed by atoms with van der Waals surface area (Å²) in [5.41, 5.74) is 0.480. The molecule has 1 heterocycles. The van der Waals surface area contributed by atoms with Gasteiger partial charge in [0.05, 0.1) is 21.3 Å². The monoisotopic (exact) mass is 350 g/mol. The topological polar surface area (TPSA) is 77.1 Å². The van der Waals surface area contributed by atoms with Crippen LogP contribution < -0.4 is 19.5 Å². The van der Waals surface area contributed by atoms with Crippen LogP contribution in [0.15, 0.2) is 17.7 Å². The van der Waals surface area contributed by atoms with Gasteiger partial charge in [-0.05, 0) is 31.3 Å². The van der Waals surface area contributed by atoms with Crippen LogP contribution in [0.3, 0.4) is 0 Å². The number of thiocarbonyl (C=S) groups is 1. The molecule has 1 aliphatic rings. The number of methoxy groups -OCH3 is 3. The molecule has 2 rings (SSSR count). The Hall–Kier alpha value is -2.61. The van der Waals surface area contributed by atoms with Crippen molar-refractivity contribution >= 4 is 35.2 Å². The summed E-state index contributed by atoms with van der Waals surface area (Å²) in [6.07, 6.45) is 1.45. The SMILES string of the molecule is CCN1C(=O)C(=Cc2cc(OC)c(OC)cc2OC)C(=O)NC1=S. The minimum absolute atomic E-state index is 0.0315. The van der Waals surface area contributed by atoms with E-state index in [4.69, 9.17) is 26.4 Å². The molecule has 1 aromatic carbocycles. The third kappa shape index (κ3) is 3.18. The molecular weight excluding hydrogens is 332 g/mol. The molecule has 0 bridgehead atoms. The van der Waals surface area contributed by atoms with Crippen molar-refractivity contribution in [3.63, 3.8) is 0 Å². The summed E-state index contributed by atoms with van der Waals surface area (Å²) in [7, 11) is 4.49. The molecule has 0 saturated carbocycles. The summed E-state index contributed by atoms with van der Waals surface area (Å²) in [4.78, 5) is 25.9. The first kappa shape index (κ1) is 17.7. The predicted molar refractivity (Wildman–Crippen MR) is 92.2 cm³/mol. The van der Waals surface area contributed by atoms with Gasteiger partial charge < -0.3 is 14.2 Å². The summed E-state index contributed by atoms with van der Waals surface area (Å²) >= 11 is 5.00. The van der Waals surface area contributed by atoms with Crippen molar-refractivity contribution in [1.82, 2.24) is 10.2 Å². The van der Waals surface area contributed by atoms with E-state index in [2.05, 4.69) is 5.32 Å². The van der Waals surface area contributed by atoms with Gasteiger partial charge in [0.15, 0.2) is 16.6 Å². The summed E-state index contributed by atoms with van der Waals surface area (Å²) in [5, 5.41) is 2.60. The van der Waals surface area contributed by atoms with Gasteiger partial charge in [-0.15, -0.1) is 0 Å². The van der Waals surface area contributed by atoms with Crippen LogP contribution >= 0.6 is 12.2 Å². The summed E-state index contributed by atoms with van der Waals surface area (Å²) in [5.74, 6) is 0.371. The van der Waals surface area contributed by atoms with E-state index >= 15 is 0 Å². The second-order valence-corrected chi connectivity index (χ2v) is 5.20. The Morgan fingerprint density at radius 3 is 2.21 bits per heavy atom. The van der Waals surface area contributed by atoms with Gasteiger partial charge in [-0.1, -0.05) is 0 Å². The largest absolute Gasteiger partial charge is 0.496 e. The molecule has 0 radical (unpaired) electrons. The zero-order chi connectivity index (χ0) is 17.9. The third-order valence-corrected chi connectivity index (χ3v) is 3.86. The number of rotatable bonds is 5. The molecule has 0 atom stereocenters. The number of hydrogen-bond acceptors (Lipinski definition) is 6. The van der Waals surface area contributed by atoms with Gasteiger partial charge in [0, 0.05) is 18.2 Å². The highest BCUT2D eigenvalue weighted by atomic mass is 32.1. The lowest BCUT2D eigenvalue weighted by Crippen LogP contribution is -2.53. The van der Waals surface area contributed by atoms with Crippen molar-refractivity contribution in [2.24, 2.45) is 0 Å². The molecule has 128 valence electrons. The number of ether oxygens (including phenoxy) is 3. The smallest absolute Gasteiger partial charge is 0.265 e. The zero-order valence-electron chi connectivity index (χ0n) is 13.8. The van der Waals surface area contributed by atoms with E-state index in [0.29, 0.717) is 29.4 Å². The van der Waals surface area contributed by atoms with Crippen molar-refractivity contribution in [1.29, 1.82) is 0 Å².